The Morgan fingerprint density at radius 1 is 1.23 bits per heavy atom. The number of hydrogen-bond donors (Lipinski definition) is 0. The summed E-state index contributed by atoms with van der Waals surface area (Å²) in [4.78, 5) is 7.17. The van der Waals surface area contributed by atoms with Crippen molar-refractivity contribution in [2.24, 2.45) is 5.92 Å². The van der Waals surface area contributed by atoms with Gasteiger partial charge in [-0.1, -0.05) is 18.0 Å². The van der Waals surface area contributed by atoms with E-state index in [1.165, 1.54) is 36.9 Å². The number of fused-ring (bicyclic) bond motifs is 1. The fraction of sp³-hybridized carbons (Fsp3) is 0.700. The summed E-state index contributed by atoms with van der Waals surface area (Å²) in [6.07, 6.45) is 7.40. The molecule has 2 aromatic heterocycles. The molecule has 1 atom stereocenters. The third-order valence-corrected chi connectivity index (χ3v) is 6.12. The number of aryl methyl sites for hydroxylation is 2. The van der Waals surface area contributed by atoms with Crippen molar-refractivity contribution in [1.82, 2.24) is 19.6 Å². The van der Waals surface area contributed by atoms with Gasteiger partial charge in [0.1, 0.15) is 11.6 Å². The van der Waals surface area contributed by atoms with Crippen LogP contribution < -0.4 is 0 Å². The van der Waals surface area contributed by atoms with Crippen LogP contribution in [0.1, 0.15) is 67.2 Å². The van der Waals surface area contributed by atoms with Gasteiger partial charge in [-0.2, -0.15) is 0 Å². The molecule has 0 radical (unpaired) electrons. The Morgan fingerprint density at radius 2 is 2.04 bits per heavy atom. The molecule has 0 bridgehead atoms. The van der Waals surface area contributed by atoms with Gasteiger partial charge in [-0.25, -0.2) is 4.98 Å². The molecular weight excluding hydrogens is 328 g/mol. The van der Waals surface area contributed by atoms with Gasteiger partial charge >= 0.3 is 0 Å². The molecular formula is C20H30N4O2. The lowest BCUT2D eigenvalue weighted by molar-refractivity contribution is 0.0815. The first-order valence-corrected chi connectivity index (χ1v) is 9.91. The summed E-state index contributed by atoms with van der Waals surface area (Å²) in [5, 5.41) is 4.08. The lowest BCUT2D eigenvalue weighted by Gasteiger charge is -2.34. The van der Waals surface area contributed by atoms with Crippen molar-refractivity contribution in [2.45, 2.75) is 72.2 Å². The van der Waals surface area contributed by atoms with E-state index in [2.05, 4.69) is 21.5 Å². The number of imidazole rings is 1. The molecule has 1 aliphatic carbocycles. The van der Waals surface area contributed by atoms with E-state index in [0.29, 0.717) is 6.61 Å². The van der Waals surface area contributed by atoms with E-state index in [-0.39, 0.29) is 6.04 Å². The highest BCUT2D eigenvalue weighted by Gasteiger charge is 2.28. The van der Waals surface area contributed by atoms with Crippen molar-refractivity contribution in [3.8, 4) is 0 Å². The van der Waals surface area contributed by atoms with Gasteiger partial charge in [-0.3, -0.25) is 4.90 Å². The largest absolute Gasteiger partial charge is 0.375 e. The molecule has 4 rings (SSSR count). The molecule has 6 heteroatoms. The monoisotopic (exact) mass is 358 g/mol. The fourth-order valence-corrected chi connectivity index (χ4v) is 4.37. The minimum atomic E-state index is 0.279. The molecule has 142 valence electrons. The average molecular weight is 358 g/mol. The van der Waals surface area contributed by atoms with Crippen LogP contribution in [0.5, 0.6) is 0 Å². The van der Waals surface area contributed by atoms with E-state index < -0.39 is 0 Å². The maximum absolute atomic E-state index is 6.01. The zero-order chi connectivity index (χ0) is 18.1. The molecule has 2 aromatic rings. The summed E-state index contributed by atoms with van der Waals surface area (Å²) >= 11 is 0. The lowest BCUT2D eigenvalue weighted by atomic mass is 10.1. The Bertz CT molecular complexity index is 726. The topological polar surface area (TPSA) is 56.3 Å². The lowest BCUT2D eigenvalue weighted by Crippen LogP contribution is -2.37. The molecule has 3 heterocycles. The highest BCUT2D eigenvalue weighted by molar-refractivity contribution is 5.21. The minimum absolute atomic E-state index is 0.279. The smallest absolute Gasteiger partial charge is 0.138 e. The van der Waals surface area contributed by atoms with E-state index >= 15 is 0 Å². The van der Waals surface area contributed by atoms with Crippen LogP contribution in [0.3, 0.4) is 0 Å². The Balaban J connectivity index is 1.39. The van der Waals surface area contributed by atoms with Gasteiger partial charge in [0.25, 0.3) is 0 Å². The van der Waals surface area contributed by atoms with Gasteiger partial charge in [0.15, 0.2) is 0 Å². The van der Waals surface area contributed by atoms with Gasteiger partial charge in [0, 0.05) is 31.8 Å². The average Bonchev–Trinajstić information content (AvgIpc) is 3.35. The van der Waals surface area contributed by atoms with E-state index in [1.54, 1.807) is 0 Å². The molecule has 1 saturated carbocycles. The van der Waals surface area contributed by atoms with E-state index in [0.717, 1.165) is 49.4 Å². The second-order valence-corrected chi connectivity index (χ2v) is 7.87. The summed E-state index contributed by atoms with van der Waals surface area (Å²) in [5.74, 6) is 2.83. The second-order valence-electron chi connectivity index (χ2n) is 7.87. The maximum Gasteiger partial charge on any atom is 0.138 e. The first kappa shape index (κ1) is 17.7. The predicted octanol–water partition coefficient (Wildman–Crippen LogP) is 3.77. The van der Waals surface area contributed by atoms with Crippen molar-refractivity contribution < 1.29 is 9.26 Å². The van der Waals surface area contributed by atoms with Gasteiger partial charge in [-0.05, 0) is 39.5 Å². The third kappa shape index (κ3) is 3.45. The summed E-state index contributed by atoms with van der Waals surface area (Å²) in [5.41, 5.74) is 3.41. The van der Waals surface area contributed by atoms with Crippen LogP contribution in [0, 0.1) is 19.8 Å². The van der Waals surface area contributed by atoms with Crippen molar-refractivity contribution in [3.05, 3.63) is 34.7 Å². The minimum Gasteiger partial charge on any atom is -0.375 e. The first-order chi connectivity index (χ1) is 12.6. The van der Waals surface area contributed by atoms with Gasteiger partial charge < -0.3 is 13.8 Å². The molecule has 1 aliphatic heterocycles. The van der Waals surface area contributed by atoms with Crippen LogP contribution in [0.2, 0.25) is 0 Å². The highest BCUT2D eigenvalue weighted by Crippen LogP contribution is 2.29. The fourth-order valence-electron chi connectivity index (χ4n) is 4.37. The summed E-state index contributed by atoms with van der Waals surface area (Å²) < 4.78 is 13.7. The third-order valence-electron chi connectivity index (χ3n) is 6.12. The van der Waals surface area contributed by atoms with Crippen LogP contribution in [-0.4, -0.2) is 32.8 Å². The Hall–Kier alpha value is -1.66. The first-order valence-electron chi connectivity index (χ1n) is 9.91. The van der Waals surface area contributed by atoms with Crippen LogP contribution in [0.25, 0.3) is 0 Å². The van der Waals surface area contributed by atoms with E-state index in [9.17, 15) is 0 Å². The summed E-state index contributed by atoms with van der Waals surface area (Å²) in [6.45, 7) is 10.7. The molecule has 0 unspecified atom stereocenters. The standard InChI is InChI=1S/C20H30N4O2/c1-14-19(16(3)26-22-14)11-23-8-9-24-18(10-21-20(24)15(23)2)13-25-12-17-6-4-5-7-17/h10,15,17H,4-9,11-13H2,1-3H3/t15-/m1/s1. The Kier molecular flexibility index (Phi) is 5.14. The number of aromatic nitrogens is 3. The van der Waals surface area contributed by atoms with Crippen molar-refractivity contribution >= 4 is 0 Å². The number of ether oxygens (including phenoxy) is 1. The van der Waals surface area contributed by atoms with Crippen LogP contribution >= 0.6 is 0 Å². The zero-order valence-corrected chi connectivity index (χ0v) is 16.2. The van der Waals surface area contributed by atoms with E-state index in [4.69, 9.17) is 14.2 Å². The van der Waals surface area contributed by atoms with Crippen molar-refractivity contribution in [1.29, 1.82) is 0 Å². The van der Waals surface area contributed by atoms with Gasteiger partial charge in [-0.15, -0.1) is 0 Å². The van der Waals surface area contributed by atoms with Gasteiger partial charge in [0.2, 0.25) is 0 Å². The van der Waals surface area contributed by atoms with Crippen molar-refractivity contribution in [2.75, 3.05) is 13.2 Å². The van der Waals surface area contributed by atoms with Crippen LogP contribution in [0.4, 0.5) is 0 Å². The molecule has 26 heavy (non-hydrogen) atoms. The van der Waals surface area contributed by atoms with E-state index in [1.807, 2.05) is 20.0 Å². The van der Waals surface area contributed by atoms with Crippen LogP contribution in [0.15, 0.2) is 10.7 Å². The van der Waals surface area contributed by atoms with Crippen LogP contribution in [-0.2, 0) is 24.4 Å². The molecule has 0 saturated heterocycles. The summed E-state index contributed by atoms with van der Waals surface area (Å²) in [6, 6.07) is 0.279. The number of rotatable bonds is 6. The maximum atomic E-state index is 6.01. The Labute approximate surface area is 155 Å². The molecule has 0 amide bonds. The Morgan fingerprint density at radius 3 is 2.77 bits per heavy atom. The predicted molar refractivity (Wildman–Crippen MR) is 98.6 cm³/mol. The SMILES string of the molecule is Cc1noc(C)c1CN1CCn2c(COCC3CCCC3)cnc2[C@H]1C. The quantitative estimate of drug-likeness (QED) is 0.787. The zero-order valence-electron chi connectivity index (χ0n) is 16.2. The van der Waals surface area contributed by atoms with Crippen molar-refractivity contribution in [3.63, 3.8) is 0 Å². The molecule has 0 N–H and O–H groups in total. The summed E-state index contributed by atoms with van der Waals surface area (Å²) in [7, 11) is 0. The molecule has 1 fully saturated rings. The normalized spacial score (nSPS) is 21.4. The number of hydrogen-bond acceptors (Lipinski definition) is 5. The molecule has 6 nitrogen and oxygen atoms in total. The second kappa shape index (κ2) is 7.53. The molecule has 2 aliphatic rings. The van der Waals surface area contributed by atoms with Gasteiger partial charge in [0.05, 0.1) is 30.2 Å². The number of nitrogens with zero attached hydrogens (tertiary/aromatic N) is 4. The molecule has 0 spiro atoms. The molecule has 0 aromatic carbocycles. The highest BCUT2D eigenvalue weighted by atomic mass is 16.5.